The van der Waals surface area contributed by atoms with Crippen LogP contribution >= 0.6 is 0 Å². The van der Waals surface area contributed by atoms with Gasteiger partial charge in [-0.2, -0.15) is 0 Å². The highest BCUT2D eigenvalue weighted by Crippen LogP contribution is 2.31. The number of esters is 1. The summed E-state index contributed by atoms with van der Waals surface area (Å²) in [5.41, 5.74) is 0.298. The monoisotopic (exact) mass is 322 g/mol. The molecule has 0 aliphatic carbocycles. The van der Waals surface area contributed by atoms with Crippen LogP contribution in [0.2, 0.25) is 0 Å². The fraction of sp³-hybridized carbons (Fsp3) is 0.529. The highest BCUT2D eigenvalue weighted by Gasteiger charge is 2.42. The average molecular weight is 322 g/mol. The third-order valence-electron chi connectivity index (χ3n) is 4.25. The van der Waals surface area contributed by atoms with Crippen LogP contribution in [0.15, 0.2) is 24.3 Å². The van der Waals surface area contributed by atoms with Gasteiger partial charge in [0.25, 0.3) is 0 Å². The van der Waals surface area contributed by atoms with E-state index in [0.29, 0.717) is 32.5 Å². The summed E-state index contributed by atoms with van der Waals surface area (Å²) in [7, 11) is 1.36. The lowest BCUT2D eigenvalue weighted by molar-refractivity contribution is -0.150. The molecule has 5 nitrogen and oxygen atoms in total. The van der Waals surface area contributed by atoms with E-state index >= 15 is 0 Å². The fourth-order valence-electron chi connectivity index (χ4n) is 2.84. The number of ether oxygens (including phenoxy) is 1. The molecule has 0 saturated carbocycles. The number of aryl methyl sites for hydroxylation is 1. The number of hydrogen-bond acceptors (Lipinski definition) is 3. The molecule has 2 rings (SSSR count). The summed E-state index contributed by atoms with van der Waals surface area (Å²) in [5, 5.41) is 2.85. The lowest BCUT2D eigenvalue weighted by Gasteiger charge is -2.22. The fourth-order valence-corrected chi connectivity index (χ4v) is 2.84. The number of nitrogens with one attached hydrogen (secondary N) is 1. The van der Waals surface area contributed by atoms with Gasteiger partial charge in [-0.25, -0.2) is 9.18 Å². The zero-order valence-corrected chi connectivity index (χ0v) is 13.6. The van der Waals surface area contributed by atoms with Gasteiger partial charge in [0.15, 0.2) is 0 Å². The summed E-state index contributed by atoms with van der Waals surface area (Å²) in [5.74, 6) is -0.524. The number of methoxy groups -OCH3 is 1. The molecule has 1 heterocycles. The average Bonchev–Trinajstić information content (AvgIpc) is 2.94. The van der Waals surface area contributed by atoms with Crippen LogP contribution in [0.4, 0.5) is 9.18 Å². The number of carbonyl (C=O) groups is 2. The summed E-state index contributed by atoms with van der Waals surface area (Å²) in [4.78, 5) is 25.5. The van der Waals surface area contributed by atoms with Crippen LogP contribution in [-0.4, -0.2) is 43.6 Å². The minimum atomic E-state index is -0.617. The van der Waals surface area contributed by atoms with E-state index in [9.17, 15) is 14.0 Å². The third-order valence-corrected chi connectivity index (χ3v) is 4.25. The van der Waals surface area contributed by atoms with Gasteiger partial charge in [0.1, 0.15) is 5.82 Å². The molecule has 0 radical (unpaired) electrons. The molecule has 2 amide bonds. The first-order chi connectivity index (χ1) is 10.9. The maximum Gasteiger partial charge on any atom is 0.317 e. The van der Waals surface area contributed by atoms with Gasteiger partial charge >= 0.3 is 12.0 Å². The standard InChI is InChI=1S/C17H23FN2O3/c1-17(15(21)23-2)8-10-20(12-17)16(22)19-9-4-6-13-5-3-7-14(18)11-13/h3,5,7,11H,4,6,8-10,12H2,1-2H3,(H,19,22)/t17-/m1/s1. The molecular weight excluding hydrogens is 299 g/mol. The van der Waals surface area contributed by atoms with Crippen molar-refractivity contribution in [3.63, 3.8) is 0 Å². The van der Waals surface area contributed by atoms with E-state index in [2.05, 4.69) is 5.32 Å². The van der Waals surface area contributed by atoms with Crippen molar-refractivity contribution < 1.29 is 18.7 Å². The predicted octanol–water partition coefficient (Wildman–Crippen LogP) is 2.35. The second-order valence-corrected chi connectivity index (χ2v) is 6.19. The quantitative estimate of drug-likeness (QED) is 0.669. The van der Waals surface area contributed by atoms with E-state index in [4.69, 9.17) is 4.74 Å². The Labute approximate surface area is 135 Å². The van der Waals surface area contributed by atoms with Crippen LogP contribution in [0, 0.1) is 11.2 Å². The SMILES string of the molecule is COC(=O)[C@]1(C)CCN(C(=O)NCCCc2cccc(F)c2)C1. The number of halogens is 1. The van der Waals surface area contributed by atoms with Crippen LogP contribution in [0.5, 0.6) is 0 Å². The number of rotatable bonds is 5. The number of likely N-dealkylation sites (tertiary alicyclic amines) is 1. The Morgan fingerprint density at radius 1 is 1.43 bits per heavy atom. The molecule has 1 aromatic carbocycles. The number of hydrogen-bond donors (Lipinski definition) is 1. The Balaban J connectivity index is 1.72. The van der Waals surface area contributed by atoms with E-state index in [1.54, 1.807) is 11.0 Å². The molecular formula is C17H23FN2O3. The second kappa shape index (κ2) is 7.44. The lowest BCUT2D eigenvalue weighted by atomic mass is 9.90. The van der Waals surface area contributed by atoms with Crippen molar-refractivity contribution in [1.29, 1.82) is 0 Å². The van der Waals surface area contributed by atoms with Gasteiger partial charge in [-0.05, 0) is 43.9 Å². The molecule has 1 fully saturated rings. The normalized spacial score (nSPS) is 20.4. The molecule has 1 aliphatic rings. The number of amides is 2. The Hall–Kier alpha value is -2.11. The number of urea groups is 1. The first kappa shape index (κ1) is 17.2. The Morgan fingerprint density at radius 2 is 2.22 bits per heavy atom. The zero-order chi connectivity index (χ0) is 16.9. The summed E-state index contributed by atoms with van der Waals surface area (Å²) in [6.07, 6.45) is 2.05. The Morgan fingerprint density at radius 3 is 2.91 bits per heavy atom. The molecule has 1 aliphatic heterocycles. The van der Waals surface area contributed by atoms with Gasteiger partial charge in [-0.1, -0.05) is 12.1 Å². The molecule has 0 aromatic heterocycles. The predicted molar refractivity (Wildman–Crippen MR) is 84.4 cm³/mol. The van der Waals surface area contributed by atoms with Gasteiger partial charge < -0.3 is 15.0 Å². The van der Waals surface area contributed by atoms with Crippen LogP contribution < -0.4 is 5.32 Å². The molecule has 126 valence electrons. The van der Waals surface area contributed by atoms with Crippen LogP contribution in [0.25, 0.3) is 0 Å². The van der Waals surface area contributed by atoms with Gasteiger partial charge in [-0.15, -0.1) is 0 Å². The van der Waals surface area contributed by atoms with Crippen molar-refractivity contribution in [2.75, 3.05) is 26.7 Å². The molecule has 1 aromatic rings. The summed E-state index contributed by atoms with van der Waals surface area (Å²) >= 11 is 0. The van der Waals surface area contributed by atoms with Gasteiger partial charge in [0.05, 0.1) is 12.5 Å². The Bertz CT molecular complexity index is 579. The molecule has 0 unspecified atom stereocenters. The van der Waals surface area contributed by atoms with Crippen LogP contribution in [-0.2, 0) is 16.0 Å². The molecule has 0 spiro atoms. The maximum atomic E-state index is 13.1. The first-order valence-electron chi connectivity index (χ1n) is 7.80. The van der Waals surface area contributed by atoms with Crippen LogP contribution in [0.1, 0.15) is 25.3 Å². The summed E-state index contributed by atoms with van der Waals surface area (Å²) < 4.78 is 17.9. The van der Waals surface area contributed by atoms with Gasteiger partial charge in [-0.3, -0.25) is 4.79 Å². The van der Waals surface area contributed by atoms with E-state index in [1.807, 2.05) is 13.0 Å². The smallest absolute Gasteiger partial charge is 0.317 e. The van der Waals surface area contributed by atoms with Crippen molar-refractivity contribution in [3.05, 3.63) is 35.6 Å². The molecule has 0 bridgehead atoms. The minimum Gasteiger partial charge on any atom is -0.469 e. The molecule has 6 heteroatoms. The second-order valence-electron chi connectivity index (χ2n) is 6.19. The largest absolute Gasteiger partial charge is 0.469 e. The lowest BCUT2D eigenvalue weighted by Crippen LogP contribution is -2.41. The molecule has 23 heavy (non-hydrogen) atoms. The first-order valence-corrected chi connectivity index (χ1v) is 7.80. The van der Waals surface area contributed by atoms with Gasteiger partial charge in [0.2, 0.25) is 0 Å². The third kappa shape index (κ3) is 4.43. The van der Waals surface area contributed by atoms with Crippen LogP contribution in [0.3, 0.4) is 0 Å². The van der Waals surface area contributed by atoms with Crippen molar-refractivity contribution in [1.82, 2.24) is 10.2 Å². The highest BCUT2D eigenvalue weighted by atomic mass is 19.1. The van der Waals surface area contributed by atoms with Gasteiger partial charge in [0, 0.05) is 19.6 Å². The Kier molecular flexibility index (Phi) is 5.58. The van der Waals surface area contributed by atoms with Crippen molar-refractivity contribution >= 4 is 12.0 Å². The van der Waals surface area contributed by atoms with E-state index in [-0.39, 0.29) is 17.8 Å². The maximum absolute atomic E-state index is 13.1. The van der Waals surface area contributed by atoms with E-state index < -0.39 is 5.41 Å². The zero-order valence-electron chi connectivity index (χ0n) is 13.6. The highest BCUT2D eigenvalue weighted by molar-refractivity contribution is 5.80. The topological polar surface area (TPSA) is 58.6 Å². The molecule has 1 atom stereocenters. The number of nitrogens with zero attached hydrogens (tertiary/aromatic N) is 1. The van der Waals surface area contributed by atoms with Crippen molar-refractivity contribution in [3.8, 4) is 0 Å². The van der Waals surface area contributed by atoms with Crippen molar-refractivity contribution in [2.24, 2.45) is 5.41 Å². The van der Waals surface area contributed by atoms with E-state index in [1.165, 1.54) is 19.2 Å². The van der Waals surface area contributed by atoms with Crippen molar-refractivity contribution in [2.45, 2.75) is 26.2 Å². The summed E-state index contributed by atoms with van der Waals surface area (Å²) in [6.45, 7) is 3.24. The molecule has 1 saturated heterocycles. The number of benzene rings is 1. The number of carbonyl (C=O) groups excluding carboxylic acids is 2. The minimum absolute atomic E-state index is 0.170. The summed E-state index contributed by atoms with van der Waals surface area (Å²) in [6, 6.07) is 6.30. The van der Waals surface area contributed by atoms with E-state index in [0.717, 1.165) is 12.0 Å². The molecule has 1 N–H and O–H groups in total.